The smallest absolute Gasteiger partial charge is 0.325 e. The molecule has 0 aliphatic heterocycles. The van der Waals surface area contributed by atoms with Crippen LogP contribution in [0.15, 0.2) is 24.3 Å². The van der Waals surface area contributed by atoms with Crippen molar-refractivity contribution >= 4 is 40.3 Å². The number of esters is 1. The molecule has 1 heterocycles. The van der Waals surface area contributed by atoms with Gasteiger partial charge in [-0.3, -0.25) is 9.59 Å². The molecule has 0 spiro atoms. The molecule has 0 amide bonds. The summed E-state index contributed by atoms with van der Waals surface area (Å²) in [6.45, 7) is 0.0718. The molecule has 0 unspecified atom stereocenters. The summed E-state index contributed by atoms with van der Waals surface area (Å²) in [4.78, 5) is 29.1. The molecule has 0 radical (unpaired) electrons. The number of likely N-dealkylation sites (N-methyl/N-ethyl adjacent to an activating group) is 1. The number of carbonyl (C=O) groups excluding carboxylic acids is 2. The maximum Gasteiger partial charge on any atom is 0.325 e. The van der Waals surface area contributed by atoms with Crippen LogP contribution in [-0.2, 0) is 9.53 Å². The van der Waals surface area contributed by atoms with Gasteiger partial charge in [-0.25, -0.2) is 4.98 Å². The number of methoxy groups -OCH3 is 1. The first-order valence-corrected chi connectivity index (χ1v) is 7.24. The fraction of sp³-hybridized carbons (Fsp3) is 0.214. The number of rotatable bonds is 5. The lowest BCUT2D eigenvalue weighted by Crippen LogP contribution is -2.26. The standard InChI is InChI=1S/C14H13ClN2O3S/c1-17(7-12(19)20-2)14-16-13(11(8-18)21-14)9-3-5-10(15)6-4-9/h3-6,8H,7H2,1-2H3. The number of nitrogens with zero attached hydrogens (tertiary/aromatic N) is 2. The van der Waals surface area contributed by atoms with Gasteiger partial charge >= 0.3 is 5.97 Å². The van der Waals surface area contributed by atoms with Crippen molar-refractivity contribution in [2.24, 2.45) is 0 Å². The minimum Gasteiger partial charge on any atom is -0.468 e. The van der Waals surface area contributed by atoms with Crippen molar-refractivity contribution in [3.05, 3.63) is 34.2 Å². The number of hydrogen-bond donors (Lipinski definition) is 0. The number of anilines is 1. The SMILES string of the molecule is COC(=O)CN(C)c1nc(-c2ccc(Cl)cc2)c(C=O)s1. The molecule has 21 heavy (non-hydrogen) atoms. The van der Waals surface area contributed by atoms with Gasteiger partial charge in [0.05, 0.1) is 17.7 Å². The Kier molecular flexibility index (Phi) is 4.93. The van der Waals surface area contributed by atoms with Crippen LogP contribution in [0.1, 0.15) is 9.67 Å². The number of aromatic nitrogens is 1. The van der Waals surface area contributed by atoms with Gasteiger partial charge < -0.3 is 9.64 Å². The van der Waals surface area contributed by atoms with Crippen molar-refractivity contribution < 1.29 is 14.3 Å². The second-order valence-electron chi connectivity index (χ2n) is 4.27. The summed E-state index contributed by atoms with van der Waals surface area (Å²) in [5.41, 5.74) is 1.38. The van der Waals surface area contributed by atoms with Crippen molar-refractivity contribution in [2.45, 2.75) is 0 Å². The highest BCUT2D eigenvalue weighted by Crippen LogP contribution is 2.32. The fourth-order valence-corrected chi connectivity index (χ4v) is 2.69. The van der Waals surface area contributed by atoms with E-state index in [4.69, 9.17) is 11.6 Å². The summed E-state index contributed by atoms with van der Waals surface area (Å²) >= 11 is 7.08. The van der Waals surface area contributed by atoms with Gasteiger partial charge in [0.15, 0.2) is 11.4 Å². The molecular formula is C14H13ClN2O3S. The maximum atomic E-state index is 11.3. The Hall–Kier alpha value is -1.92. The maximum absolute atomic E-state index is 11.3. The highest BCUT2D eigenvalue weighted by atomic mass is 35.5. The van der Waals surface area contributed by atoms with Crippen LogP contribution in [0.4, 0.5) is 5.13 Å². The molecule has 0 atom stereocenters. The Morgan fingerprint density at radius 3 is 2.67 bits per heavy atom. The molecule has 1 aromatic carbocycles. The van der Waals surface area contributed by atoms with E-state index in [9.17, 15) is 9.59 Å². The Morgan fingerprint density at radius 2 is 2.10 bits per heavy atom. The number of thiazole rings is 1. The third-order valence-electron chi connectivity index (χ3n) is 2.79. The minimum atomic E-state index is -0.367. The van der Waals surface area contributed by atoms with Gasteiger partial charge in [0, 0.05) is 17.6 Å². The average Bonchev–Trinajstić information content (AvgIpc) is 2.92. The van der Waals surface area contributed by atoms with E-state index in [-0.39, 0.29) is 12.5 Å². The van der Waals surface area contributed by atoms with E-state index in [1.807, 2.05) is 0 Å². The summed E-state index contributed by atoms with van der Waals surface area (Å²) in [6.07, 6.45) is 0.761. The molecule has 2 aromatic rings. The molecule has 0 saturated carbocycles. The Morgan fingerprint density at radius 1 is 1.43 bits per heavy atom. The van der Waals surface area contributed by atoms with E-state index < -0.39 is 0 Å². The Balaban J connectivity index is 2.33. The molecule has 0 bridgehead atoms. The van der Waals surface area contributed by atoms with Crippen molar-refractivity contribution in [1.29, 1.82) is 0 Å². The van der Waals surface area contributed by atoms with Crippen LogP contribution in [0.2, 0.25) is 5.02 Å². The largest absolute Gasteiger partial charge is 0.468 e. The number of ether oxygens (including phenoxy) is 1. The second-order valence-corrected chi connectivity index (χ2v) is 5.71. The van der Waals surface area contributed by atoms with E-state index in [0.717, 1.165) is 11.8 Å². The van der Waals surface area contributed by atoms with Crippen LogP contribution in [0.25, 0.3) is 11.3 Å². The van der Waals surface area contributed by atoms with Crippen molar-refractivity contribution in [3.8, 4) is 11.3 Å². The summed E-state index contributed by atoms with van der Waals surface area (Å²) in [5.74, 6) is -0.367. The molecular weight excluding hydrogens is 312 g/mol. The molecule has 0 saturated heterocycles. The number of halogens is 1. The molecule has 7 heteroatoms. The topological polar surface area (TPSA) is 59.5 Å². The first-order valence-electron chi connectivity index (χ1n) is 6.05. The van der Waals surface area contributed by atoms with Crippen LogP contribution >= 0.6 is 22.9 Å². The summed E-state index contributed by atoms with van der Waals surface area (Å²) in [6, 6.07) is 7.08. The fourth-order valence-electron chi connectivity index (χ4n) is 1.70. The lowest BCUT2D eigenvalue weighted by Gasteiger charge is -2.13. The molecule has 0 aliphatic rings. The summed E-state index contributed by atoms with van der Waals surface area (Å²) in [5, 5.41) is 1.19. The normalized spacial score (nSPS) is 10.2. The number of benzene rings is 1. The van der Waals surface area contributed by atoms with Gasteiger partial charge in [-0.2, -0.15) is 0 Å². The van der Waals surface area contributed by atoms with Gasteiger partial charge in [0.1, 0.15) is 6.54 Å². The van der Waals surface area contributed by atoms with Gasteiger partial charge in [-0.05, 0) is 12.1 Å². The zero-order valence-electron chi connectivity index (χ0n) is 11.5. The molecule has 0 aliphatic carbocycles. The second kappa shape index (κ2) is 6.69. The predicted molar refractivity (Wildman–Crippen MR) is 83.2 cm³/mol. The van der Waals surface area contributed by atoms with E-state index in [0.29, 0.717) is 20.7 Å². The third kappa shape index (κ3) is 3.59. The monoisotopic (exact) mass is 324 g/mol. The summed E-state index contributed by atoms with van der Waals surface area (Å²) < 4.78 is 4.62. The zero-order valence-corrected chi connectivity index (χ0v) is 13.1. The zero-order chi connectivity index (χ0) is 15.4. The first-order chi connectivity index (χ1) is 10.0. The highest BCUT2D eigenvalue weighted by Gasteiger charge is 2.17. The van der Waals surface area contributed by atoms with Crippen LogP contribution in [-0.4, -0.2) is 37.9 Å². The van der Waals surface area contributed by atoms with E-state index in [2.05, 4.69) is 9.72 Å². The average molecular weight is 325 g/mol. The molecule has 5 nitrogen and oxygen atoms in total. The van der Waals surface area contributed by atoms with Gasteiger partial charge in [0.2, 0.25) is 0 Å². The van der Waals surface area contributed by atoms with Crippen molar-refractivity contribution in [2.75, 3.05) is 25.6 Å². The van der Waals surface area contributed by atoms with Crippen molar-refractivity contribution in [1.82, 2.24) is 4.98 Å². The van der Waals surface area contributed by atoms with Crippen LogP contribution in [0, 0.1) is 0 Å². The lowest BCUT2D eigenvalue weighted by atomic mass is 10.1. The van der Waals surface area contributed by atoms with Crippen LogP contribution in [0.3, 0.4) is 0 Å². The Bertz CT molecular complexity index is 655. The van der Waals surface area contributed by atoms with E-state index in [1.54, 1.807) is 36.2 Å². The van der Waals surface area contributed by atoms with Crippen molar-refractivity contribution in [3.63, 3.8) is 0 Å². The third-order valence-corrected chi connectivity index (χ3v) is 4.13. The van der Waals surface area contributed by atoms with Gasteiger partial charge in [0.25, 0.3) is 0 Å². The van der Waals surface area contributed by atoms with Gasteiger partial charge in [-0.1, -0.05) is 35.1 Å². The van der Waals surface area contributed by atoms with E-state index in [1.165, 1.54) is 18.4 Å². The quantitative estimate of drug-likeness (QED) is 0.625. The van der Waals surface area contributed by atoms with Gasteiger partial charge in [-0.15, -0.1) is 0 Å². The van der Waals surface area contributed by atoms with Crippen LogP contribution < -0.4 is 4.90 Å². The molecule has 0 fully saturated rings. The first kappa shape index (κ1) is 15.5. The Labute approximate surface area is 131 Å². The minimum absolute atomic E-state index is 0.0718. The summed E-state index contributed by atoms with van der Waals surface area (Å²) in [7, 11) is 3.05. The van der Waals surface area contributed by atoms with Crippen LogP contribution in [0.5, 0.6) is 0 Å². The molecule has 1 aromatic heterocycles. The highest BCUT2D eigenvalue weighted by molar-refractivity contribution is 7.17. The molecule has 110 valence electrons. The molecule has 2 rings (SSSR count). The number of aldehydes is 1. The number of hydrogen-bond acceptors (Lipinski definition) is 6. The lowest BCUT2D eigenvalue weighted by molar-refractivity contribution is -0.138. The van der Waals surface area contributed by atoms with E-state index >= 15 is 0 Å². The number of carbonyl (C=O) groups is 2. The predicted octanol–water partition coefficient (Wildman–Crippen LogP) is 2.89. The molecule has 0 N–H and O–H groups in total.